The van der Waals surface area contributed by atoms with Crippen LogP contribution in [0.15, 0.2) is 24.3 Å². The van der Waals surface area contributed by atoms with Crippen molar-refractivity contribution in [3.05, 3.63) is 29.8 Å². The van der Waals surface area contributed by atoms with Crippen LogP contribution in [0.25, 0.3) is 0 Å². The molecule has 0 bridgehead atoms. The van der Waals surface area contributed by atoms with E-state index in [1.807, 2.05) is 0 Å². The smallest absolute Gasteiger partial charge is 0.321 e. The highest BCUT2D eigenvalue weighted by atomic mass is 19.4. The van der Waals surface area contributed by atoms with Gasteiger partial charge in [0, 0.05) is 11.3 Å². The Morgan fingerprint density at radius 3 is 1.19 bits per heavy atom. The summed E-state index contributed by atoms with van der Waals surface area (Å²) in [6.45, 7) is 0.953. The Morgan fingerprint density at radius 1 is 0.541 bits per heavy atom. The van der Waals surface area contributed by atoms with Gasteiger partial charge < -0.3 is 5.32 Å². The number of benzene rings is 1. The molecule has 1 aromatic rings. The lowest BCUT2D eigenvalue weighted by Gasteiger charge is -2.42. The maximum Gasteiger partial charge on any atom is 0.460 e. The van der Waals surface area contributed by atoms with Crippen molar-refractivity contribution in [1.82, 2.24) is 0 Å². The molecule has 20 heteroatoms. The minimum Gasteiger partial charge on any atom is -0.321 e. The van der Waals surface area contributed by atoms with Gasteiger partial charge in [-0.05, 0) is 31.2 Å². The van der Waals surface area contributed by atoms with Gasteiger partial charge in [-0.15, -0.1) is 0 Å². The molecule has 0 radical (unpaired) electrons. The molecule has 0 atom stereocenters. The van der Waals surface area contributed by atoms with Crippen molar-refractivity contribution in [3.63, 3.8) is 0 Å². The zero-order chi connectivity index (χ0) is 29.8. The maximum absolute atomic E-state index is 13.8. The van der Waals surface area contributed by atoms with Crippen LogP contribution in [0, 0.1) is 0 Å². The van der Waals surface area contributed by atoms with Crippen LogP contribution in [0.1, 0.15) is 17.3 Å². The van der Waals surface area contributed by atoms with Crippen LogP contribution in [-0.2, 0) is 4.79 Å². The first-order valence-electron chi connectivity index (χ1n) is 8.69. The third kappa shape index (κ3) is 4.55. The van der Waals surface area contributed by atoms with E-state index in [1.54, 1.807) is 0 Å². The highest BCUT2D eigenvalue weighted by Crippen LogP contribution is 2.64. The first-order valence-corrected chi connectivity index (χ1v) is 8.69. The zero-order valence-corrected chi connectivity index (χ0v) is 17.1. The number of halogens is 17. The second-order valence-corrected chi connectivity index (χ2v) is 7.11. The van der Waals surface area contributed by atoms with Gasteiger partial charge in [0.2, 0.25) is 0 Å². The number of nitrogens with one attached hydrogen (secondary N) is 1. The fraction of sp³-hybridized carbons (Fsp3) is 0.529. The van der Waals surface area contributed by atoms with Crippen LogP contribution >= 0.6 is 0 Å². The van der Waals surface area contributed by atoms with Gasteiger partial charge >= 0.3 is 53.5 Å². The number of rotatable bonds is 9. The predicted molar refractivity (Wildman–Crippen MR) is 85.8 cm³/mol. The molecule has 0 fully saturated rings. The summed E-state index contributed by atoms with van der Waals surface area (Å²) in [6.07, 6.45) is -7.85. The molecule has 3 nitrogen and oxygen atoms in total. The molecule has 0 aliphatic rings. The van der Waals surface area contributed by atoms with Gasteiger partial charge in [-0.2, -0.15) is 74.6 Å². The molecule has 37 heavy (non-hydrogen) atoms. The third-order valence-electron chi connectivity index (χ3n) is 4.56. The Hall–Kier alpha value is -2.83. The number of hydrogen-bond acceptors (Lipinski definition) is 2. The fourth-order valence-electron chi connectivity index (χ4n) is 2.30. The third-order valence-corrected chi connectivity index (χ3v) is 4.56. The van der Waals surface area contributed by atoms with Gasteiger partial charge in [-0.25, -0.2) is 0 Å². The Morgan fingerprint density at radius 2 is 0.865 bits per heavy atom. The highest BCUT2D eigenvalue weighted by Gasteiger charge is 2.95. The number of carbonyl (C=O) groups is 2. The molecule has 0 unspecified atom stereocenters. The lowest BCUT2D eigenvalue weighted by atomic mass is 9.89. The number of alkyl halides is 17. The summed E-state index contributed by atoms with van der Waals surface area (Å²) in [7, 11) is 0. The number of hydrogen-bond donors (Lipinski definition) is 1. The number of anilines is 1. The van der Waals surface area contributed by atoms with Gasteiger partial charge in [0.05, 0.1) is 0 Å². The van der Waals surface area contributed by atoms with Crippen molar-refractivity contribution in [1.29, 1.82) is 0 Å². The molecule has 0 heterocycles. The molecule has 0 aromatic heterocycles. The standard InChI is InChI=1S/C17H8F17NO2/c1-6(36)7-2-4-8(5-3-7)35-9(37)10(18,19)11(20,21)12(22,23)13(24,25)14(26,27)15(28,29)16(30,31)17(32,33)34/h2-5H,1H3,(H,35,37). The molecule has 1 aromatic carbocycles. The normalized spacial score (nSPS) is 15.0. The van der Waals surface area contributed by atoms with E-state index in [4.69, 9.17) is 0 Å². The average molecular weight is 581 g/mol. The number of Topliss-reactive ketones (excluding diaryl/α,β-unsaturated/α-hetero) is 1. The first-order chi connectivity index (χ1) is 16.1. The van der Waals surface area contributed by atoms with E-state index < -0.39 is 65.0 Å². The second kappa shape index (κ2) is 8.88. The number of amides is 1. The SMILES string of the molecule is CC(=O)c1ccc(NC(=O)C(F)(F)C(F)(F)C(F)(F)C(F)(F)C(F)(F)C(F)(F)C(F)(F)C(F)(F)F)cc1. The lowest BCUT2D eigenvalue weighted by Crippen LogP contribution is -2.75. The Kier molecular flexibility index (Phi) is 7.73. The summed E-state index contributed by atoms with van der Waals surface area (Å²) in [5.41, 5.74) is -1.23. The largest absolute Gasteiger partial charge is 0.460 e. The van der Waals surface area contributed by atoms with Crippen LogP contribution < -0.4 is 5.32 Å². The predicted octanol–water partition coefficient (Wildman–Crippen LogP) is 6.84. The second-order valence-electron chi connectivity index (χ2n) is 7.11. The molecule has 0 aliphatic carbocycles. The average Bonchev–Trinajstić information content (AvgIpc) is 2.72. The highest BCUT2D eigenvalue weighted by molar-refractivity contribution is 5.98. The quantitative estimate of drug-likeness (QED) is 0.257. The minimum atomic E-state index is -8.78. The van der Waals surface area contributed by atoms with E-state index in [0.29, 0.717) is 12.1 Å². The fourth-order valence-corrected chi connectivity index (χ4v) is 2.30. The minimum absolute atomic E-state index is 0.208. The molecule has 0 aliphatic heterocycles. The maximum atomic E-state index is 13.8. The Balaban J connectivity index is 3.53. The summed E-state index contributed by atoms with van der Waals surface area (Å²) >= 11 is 0. The number of carbonyl (C=O) groups excluding carboxylic acids is 2. The number of ketones is 1. The van der Waals surface area contributed by atoms with Gasteiger partial charge in [0.25, 0.3) is 0 Å². The van der Waals surface area contributed by atoms with E-state index in [9.17, 15) is 84.2 Å². The van der Waals surface area contributed by atoms with Gasteiger partial charge in [-0.3, -0.25) is 9.59 Å². The molecule has 1 rings (SSSR count). The van der Waals surface area contributed by atoms with Crippen molar-refractivity contribution in [2.45, 2.75) is 54.6 Å². The first kappa shape index (κ1) is 32.2. The van der Waals surface area contributed by atoms with Crippen molar-refractivity contribution in [3.8, 4) is 0 Å². The molecule has 0 saturated carbocycles. The van der Waals surface area contributed by atoms with E-state index >= 15 is 0 Å². The van der Waals surface area contributed by atoms with Crippen molar-refractivity contribution in [2.24, 2.45) is 0 Å². The van der Waals surface area contributed by atoms with Crippen molar-refractivity contribution < 1.29 is 84.2 Å². The molecular formula is C17H8F17NO2. The molecule has 1 N–H and O–H groups in total. The van der Waals surface area contributed by atoms with Crippen molar-refractivity contribution >= 4 is 17.4 Å². The van der Waals surface area contributed by atoms with Crippen LogP contribution in [0.4, 0.5) is 80.3 Å². The van der Waals surface area contributed by atoms with Gasteiger partial charge in [0.15, 0.2) is 5.78 Å². The van der Waals surface area contributed by atoms with Crippen molar-refractivity contribution in [2.75, 3.05) is 5.32 Å². The zero-order valence-electron chi connectivity index (χ0n) is 17.1. The summed E-state index contributed by atoms with van der Waals surface area (Å²) in [5.74, 6) is -62.7. The molecule has 1 amide bonds. The summed E-state index contributed by atoms with van der Waals surface area (Å²) in [6, 6.07) is 2.42. The van der Waals surface area contributed by atoms with E-state index in [-0.39, 0.29) is 5.56 Å². The van der Waals surface area contributed by atoms with Gasteiger partial charge in [-0.1, -0.05) is 0 Å². The van der Waals surface area contributed by atoms with Crippen LogP contribution in [0.3, 0.4) is 0 Å². The molecule has 0 saturated heterocycles. The monoisotopic (exact) mass is 581 g/mol. The lowest BCUT2D eigenvalue weighted by molar-refractivity contribution is -0.459. The van der Waals surface area contributed by atoms with Crippen LogP contribution in [0.5, 0.6) is 0 Å². The van der Waals surface area contributed by atoms with Crippen LogP contribution in [0.2, 0.25) is 0 Å². The summed E-state index contributed by atoms with van der Waals surface area (Å²) in [5, 5.41) is 0.728. The Bertz CT molecular complexity index is 1030. The molecule has 0 spiro atoms. The molecule has 212 valence electrons. The van der Waals surface area contributed by atoms with E-state index in [0.717, 1.165) is 24.4 Å². The molecular weight excluding hydrogens is 573 g/mol. The summed E-state index contributed by atoms with van der Waals surface area (Å²) < 4.78 is 224. The topological polar surface area (TPSA) is 46.2 Å². The van der Waals surface area contributed by atoms with E-state index in [2.05, 4.69) is 0 Å². The van der Waals surface area contributed by atoms with Gasteiger partial charge in [0.1, 0.15) is 0 Å². The van der Waals surface area contributed by atoms with E-state index in [1.165, 1.54) is 0 Å². The Labute approximate surface area is 192 Å². The summed E-state index contributed by atoms with van der Waals surface area (Å²) in [4.78, 5) is 22.5. The van der Waals surface area contributed by atoms with Crippen LogP contribution in [-0.4, -0.2) is 59.3 Å².